The van der Waals surface area contributed by atoms with Gasteiger partial charge in [0, 0.05) is 11.9 Å². The van der Waals surface area contributed by atoms with E-state index in [1.165, 1.54) is 6.20 Å². The van der Waals surface area contributed by atoms with E-state index in [2.05, 4.69) is 15.5 Å². The van der Waals surface area contributed by atoms with Crippen molar-refractivity contribution in [2.24, 2.45) is 10.2 Å². The Bertz CT molecular complexity index is 775. The first-order valence-electron chi connectivity index (χ1n) is 7.33. The zero-order valence-electron chi connectivity index (χ0n) is 13.1. The van der Waals surface area contributed by atoms with Crippen LogP contribution in [0.5, 0.6) is 0 Å². The molecule has 0 aromatic heterocycles. The number of carbonyl (C=O) groups excluding carboxylic acids is 1. The Labute approximate surface area is 140 Å². The summed E-state index contributed by atoms with van der Waals surface area (Å²) >= 11 is 0. The lowest BCUT2D eigenvalue weighted by molar-refractivity contribution is -0.138. The third-order valence-electron chi connectivity index (χ3n) is 2.90. The smallest absolute Gasteiger partial charge is 0.350 e. The third-order valence-corrected chi connectivity index (χ3v) is 2.90. The van der Waals surface area contributed by atoms with Crippen LogP contribution in [-0.2, 0) is 9.53 Å². The number of hydrogen-bond donors (Lipinski definition) is 1. The van der Waals surface area contributed by atoms with Gasteiger partial charge in [-0.2, -0.15) is 15.5 Å². The highest BCUT2D eigenvalue weighted by molar-refractivity contribution is 5.93. The Balaban J connectivity index is 2.00. The van der Waals surface area contributed by atoms with Crippen LogP contribution >= 0.6 is 0 Å². The van der Waals surface area contributed by atoms with Gasteiger partial charge in [0.1, 0.15) is 6.07 Å². The van der Waals surface area contributed by atoms with Crippen LogP contribution in [0.4, 0.5) is 17.1 Å². The first-order valence-corrected chi connectivity index (χ1v) is 7.33. The molecular weight excluding hydrogens is 304 g/mol. The minimum Gasteiger partial charge on any atom is -0.462 e. The number of carbonyl (C=O) groups is 1. The minimum atomic E-state index is -0.652. The van der Waals surface area contributed by atoms with Crippen molar-refractivity contribution in [2.45, 2.75) is 6.92 Å². The zero-order chi connectivity index (χ0) is 17.2. The number of nitriles is 1. The fourth-order valence-corrected chi connectivity index (χ4v) is 1.74. The Kier molecular flexibility index (Phi) is 6.24. The van der Waals surface area contributed by atoms with Crippen molar-refractivity contribution in [3.63, 3.8) is 0 Å². The molecule has 2 aromatic rings. The summed E-state index contributed by atoms with van der Waals surface area (Å²) in [6.45, 7) is 1.90. The van der Waals surface area contributed by atoms with Crippen LogP contribution in [-0.4, -0.2) is 12.6 Å². The topological polar surface area (TPSA) is 86.8 Å². The van der Waals surface area contributed by atoms with Gasteiger partial charge in [0.25, 0.3) is 0 Å². The van der Waals surface area contributed by atoms with Gasteiger partial charge in [-0.05, 0) is 43.3 Å². The molecule has 0 aliphatic rings. The van der Waals surface area contributed by atoms with Gasteiger partial charge in [-0.3, -0.25) is 0 Å². The molecule has 6 heteroatoms. The Morgan fingerprint density at radius 2 is 1.75 bits per heavy atom. The molecule has 0 spiro atoms. The number of benzene rings is 2. The second-order valence-electron chi connectivity index (χ2n) is 4.62. The lowest BCUT2D eigenvalue weighted by Crippen LogP contribution is -2.07. The molecular formula is C18H16N4O2. The molecule has 120 valence electrons. The molecule has 0 saturated carbocycles. The number of rotatable bonds is 6. The predicted octanol–water partition coefficient (Wildman–Crippen LogP) is 4.48. The summed E-state index contributed by atoms with van der Waals surface area (Å²) in [6.07, 6.45) is 1.32. The van der Waals surface area contributed by atoms with E-state index in [0.29, 0.717) is 11.4 Å². The number of esters is 1. The summed E-state index contributed by atoms with van der Waals surface area (Å²) in [5.41, 5.74) is 2.09. The summed E-state index contributed by atoms with van der Waals surface area (Å²) in [5.74, 6) is -0.652. The Morgan fingerprint density at radius 1 is 1.12 bits per heavy atom. The van der Waals surface area contributed by atoms with Gasteiger partial charge in [-0.1, -0.05) is 18.2 Å². The maximum atomic E-state index is 11.5. The van der Waals surface area contributed by atoms with Crippen molar-refractivity contribution in [1.82, 2.24) is 0 Å². The lowest BCUT2D eigenvalue weighted by atomic mass is 10.2. The Morgan fingerprint density at radius 3 is 2.33 bits per heavy atom. The summed E-state index contributed by atoms with van der Waals surface area (Å²) in [5, 5.41) is 20.1. The second-order valence-corrected chi connectivity index (χ2v) is 4.62. The quantitative estimate of drug-likeness (QED) is 0.368. The van der Waals surface area contributed by atoms with Gasteiger partial charge >= 0.3 is 5.97 Å². The van der Waals surface area contributed by atoms with Crippen molar-refractivity contribution < 1.29 is 9.53 Å². The highest BCUT2D eigenvalue weighted by Crippen LogP contribution is 2.20. The molecule has 0 unspecified atom stereocenters. The second kappa shape index (κ2) is 8.86. The zero-order valence-corrected chi connectivity index (χ0v) is 13.1. The predicted molar refractivity (Wildman–Crippen MR) is 91.0 cm³/mol. The first kappa shape index (κ1) is 16.9. The molecule has 1 N–H and O–H groups in total. The molecule has 2 rings (SSSR count). The summed E-state index contributed by atoms with van der Waals surface area (Å²) in [7, 11) is 0. The lowest BCUT2D eigenvalue weighted by Gasteiger charge is -2.03. The molecule has 0 aliphatic heterocycles. The number of nitrogens with one attached hydrogen (secondary N) is 1. The average molecular weight is 320 g/mol. The van der Waals surface area contributed by atoms with Crippen molar-refractivity contribution in [3.05, 3.63) is 66.4 Å². The van der Waals surface area contributed by atoms with Crippen LogP contribution in [0.2, 0.25) is 0 Å². The van der Waals surface area contributed by atoms with Gasteiger partial charge in [0.15, 0.2) is 5.57 Å². The average Bonchev–Trinajstić information content (AvgIpc) is 2.62. The van der Waals surface area contributed by atoms with Gasteiger partial charge in [0.2, 0.25) is 0 Å². The fraction of sp³-hybridized carbons (Fsp3) is 0.111. The molecule has 0 radical (unpaired) electrons. The van der Waals surface area contributed by atoms with E-state index in [1.807, 2.05) is 30.3 Å². The monoisotopic (exact) mass is 320 g/mol. The Hall–Kier alpha value is -3.46. The molecule has 24 heavy (non-hydrogen) atoms. The van der Waals surface area contributed by atoms with Crippen LogP contribution in [0.3, 0.4) is 0 Å². The molecule has 0 atom stereocenters. The van der Waals surface area contributed by atoms with Crippen molar-refractivity contribution >= 4 is 23.0 Å². The summed E-state index contributed by atoms with van der Waals surface area (Å²) in [4.78, 5) is 11.5. The first-order chi connectivity index (χ1) is 11.7. The van der Waals surface area contributed by atoms with Crippen LogP contribution in [0.25, 0.3) is 0 Å². The van der Waals surface area contributed by atoms with E-state index >= 15 is 0 Å². The van der Waals surface area contributed by atoms with Gasteiger partial charge in [0.05, 0.1) is 18.0 Å². The summed E-state index contributed by atoms with van der Waals surface area (Å²) < 4.78 is 4.78. The maximum absolute atomic E-state index is 11.5. The third kappa shape index (κ3) is 5.07. The minimum absolute atomic E-state index is 0.0929. The highest BCUT2D eigenvalue weighted by atomic mass is 16.5. The van der Waals surface area contributed by atoms with E-state index < -0.39 is 5.97 Å². The molecule has 0 amide bonds. The number of nitrogens with zero attached hydrogens (tertiary/aromatic N) is 3. The van der Waals surface area contributed by atoms with E-state index in [4.69, 9.17) is 10.00 Å². The molecule has 0 fully saturated rings. The molecule has 0 bridgehead atoms. The van der Waals surface area contributed by atoms with Crippen molar-refractivity contribution in [1.29, 1.82) is 5.26 Å². The normalized spacial score (nSPS) is 11.1. The molecule has 0 saturated heterocycles. The van der Waals surface area contributed by atoms with Crippen LogP contribution in [0.1, 0.15) is 6.92 Å². The highest BCUT2D eigenvalue weighted by Gasteiger charge is 2.08. The van der Waals surface area contributed by atoms with Crippen molar-refractivity contribution in [2.75, 3.05) is 11.9 Å². The molecule has 6 nitrogen and oxygen atoms in total. The summed E-state index contributed by atoms with van der Waals surface area (Å²) in [6, 6.07) is 18.3. The number of hydrogen-bond acceptors (Lipinski definition) is 6. The van der Waals surface area contributed by atoms with E-state index in [1.54, 1.807) is 37.3 Å². The SMILES string of the molecule is CCOC(=O)/C(C#N)=C/Nc1ccc(N=Nc2ccccc2)cc1. The molecule has 0 aliphatic carbocycles. The number of azo groups is 1. The van der Waals surface area contributed by atoms with Crippen LogP contribution in [0, 0.1) is 11.3 Å². The standard InChI is InChI=1S/C18H16N4O2/c1-2-24-18(23)14(12-19)13-20-15-8-10-17(11-9-15)22-21-16-6-4-3-5-7-16/h3-11,13,20H,2H2,1H3/b14-13+,22-21?. The molecule has 0 heterocycles. The van der Waals surface area contributed by atoms with Gasteiger partial charge in [-0.25, -0.2) is 4.79 Å². The van der Waals surface area contributed by atoms with Gasteiger partial charge < -0.3 is 10.1 Å². The van der Waals surface area contributed by atoms with E-state index in [0.717, 1.165) is 5.69 Å². The van der Waals surface area contributed by atoms with Gasteiger partial charge in [-0.15, -0.1) is 0 Å². The van der Waals surface area contributed by atoms with Crippen LogP contribution in [0.15, 0.2) is 76.6 Å². The van der Waals surface area contributed by atoms with Crippen molar-refractivity contribution in [3.8, 4) is 6.07 Å². The van der Waals surface area contributed by atoms with Crippen LogP contribution < -0.4 is 5.32 Å². The number of ether oxygens (including phenoxy) is 1. The largest absolute Gasteiger partial charge is 0.462 e. The van der Waals surface area contributed by atoms with E-state index in [-0.39, 0.29) is 12.2 Å². The fourth-order valence-electron chi connectivity index (χ4n) is 1.74. The van der Waals surface area contributed by atoms with E-state index in [9.17, 15) is 4.79 Å². The molecule has 2 aromatic carbocycles. The maximum Gasteiger partial charge on any atom is 0.350 e. The number of anilines is 1.